The van der Waals surface area contributed by atoms with Crippen LogP contribution in [0.2, 0.25) is 5.02 Å². The van der Waals surface area contributed by atoms with Crippen LogP contribution in [0.1, 0.15) is 6.42 Å². The number of carbonyl (C=O) groups is 2. The molecule has 0 atom stereocenters. The molecule has 1 fully saturated rings. The first-order valence-electron chi connectivity index (χ1n) is 7.79. The van der Waals surface area contributed by atoms with E-state index in [0.717, 1.165) is 18.6 Å². The van der Waals surface area contributed by atoms with E-state index in [1.54, 1.807) is 23.1 Å². The van der Waals surface area contributed by atoms with E-state index in [1.807, 2.05) is 0 Å². The zero-order chi connectivity index (χ0) is 16.9. The Bertz CT molecular complexity index is 677. The molecule has 0 radical (unpaired) electrons. The van der Waals surface area contributed by atoms with Gasteiger partial charge in [-0.25, -0.2) is 9.59 Å². The van der Waals surface area contributed by atoms with Crippen LogP contribution < -0.4 is 20.9 Å². The Kier molecular flexibility index (Phi) is 5.22. The van der Waals surface area contributed by atoms with Gasteiger partial charge in [0.1, 0.15) is 0 Å². The van der Waals surface area contributed by atoms with E-state index in [2.05, 4.69) is 22.0 Å². The Morgan fingerprint density at radius 3 is 3.00 bits per heavy atom. The Labute approximate surface area is 145 Å². The van der Waals surface area contributed by atoms with Crippen LogP contribution in [0.5, 0.6) is 0 Å². The number of rotatable bonds is 4. The Hall–Kier alpha value is -2.25. The Morgan fingerprint density at radius 2 is 2.29 bits per heavy atom. The number of halogens is 1. The lowest BCUT2D eigenvalue weighted by Crippen LogP contribution is -2.32. The highest BCUT2D eigenvalue weighted by molar-refractivity contribution is 6.34. The molecule has 3 rings (SSSR count). The van der Waals surface area contributed by atoms with Gasteiger partial charge in [-0.1, -0.05) is 17.7 Å². The average molecular weight is 351 g/mol. The molecule has 0 saturated carbocycles. The molecule has 0 unspecified atom stereocenters. The number of ether oxygens (including phenoxy) is 1. The van der Waals surface area contributed by atoms with Crippen molar-refractivity contribution in [3.8, 4) is 0 Å². The second-order valence-corrected chi connectivity index (χ2v) is 5.97. The standard InChI is InChI=1S/C16H19ClN4O3/c17-13-4-3-12(8-14(13)21-6-5-18-16(21)23)20-15(22)19-9-11-2-1-7-24-10-11/h2-4,8H,1,5-7,9-10H2,(H,18,23)(H2,19,20,22). The highest BCUT2D eigenvalue weighted by atomic mass is 35.5. The summed E-state index contributed by atoms with van der Waals surface area (Å²) in [5.41, 5.74) is 2.20. The average Bonchev–Trinajstić information content (AvgIpc) is 3.01. The third-order valence-electron chi connectivity index (χ3n) is 3.81. The molecular formula is C16H19ClN4O3. The maximum absolute atomic E-state index is 12.0. The third-order valence-corrected chi connectivity index (χ3v) is 4.13. The fourth-order valence-electron chi connectivity index (χ4n) is 2.60. The predicted molar refractivity (Wildman–Crippen MR) is 92.7 cm³/mol. The first-order chi connectivity index (χ1) is 11.6. The van der Waals surface area contributed by atoms with E-state index in [0.29, 0.717) is 42.6 Å². The summed E-state index contributed by atoms with van der Waals surface area (Å²) in [4.78, 5) is 25.3. The van der Waals surface area contributed by atoms with Gasteiger partial charge in [-0.3, -0.25) is 4.90 Å². The summed E-state index contributed by atoms with van der Waals surface area (Å²) < 4.78 is 5.33. The smallest absolute Gasteiger partial charge is 0.322 e. The maximum atomic E-state index is 12.0. The molecular weight excluding hydrogens is 332 g/mol. The van der Waals surface area contributed by atoms with Gasteiger partial charge in [0.2, 0.25) is 0 Å². The summed E-state index contributed by atoms with van der Waals surface area (Å²) in [6, 6.07) is 4.54. The summed E-state index contributed by atoms with van der Waals surface area (Å²) in [6.07, 6.45) is 2.95. The number of anilines is 2. The highest BCUT2D eigenvalue weighted by Gasteiger charge is 2.23. The monoisotopic (exact) mass is 350 g/mol. The van der Waals surface area contributed by atoms with Crippen LogP contribution in [0.4, 0.5) is 21.0 Å². The van der Waals surface area contributed by atoms with Gasteiger partial charge in [0.05, 0.1) is 23.9 Å². The van der Waals surface area contributed by atoms with Crippen LogP contribution in [-0.4, -0.2) is 44.9 Å². The van der Waals surface area contributed by atoms with Gasteiger partial charge >= 0.3 is 12.1 Å². The van der Waals surface area contributed by atoms with Crippen molar-refractivity contribution in [3.05, 3.63) is 34.9 Å². The van der Waals surface area contributed by atoms with Crippen molar-refractivity contribution >= 4 is 35.0 Å². The fraction of sp³-hybridized carbons (Fsp3) is 0.375. The van der Waals surface area contributed by atoms with Crippen LogP contribution in [0.25, 0.3) is 0 Å². The van der Waals surface area contributed by atoms with Crippen molar-refractivity contribution in [1.29, 1.82) is 0 Å². The van der Waals surface area contributed by atoms with E-state index < -0.39 is 0 Å². The second kappa shape index (κ2) is 7.55. The summed E-state index contributed by atoms with van der Waals surface area (Å²) in [5, 5.41) is 8.72. The highest BCUT2D eigenvalue weighted by Crippen LogP contribution is 2.30. The Balaban J connectivity index is 1.61. The summed E-state index contributed by atoms with van der Waals surface area (Å²) in [6.45, 7) is 2.84. The first kappa shape index (κ1) is 16.6. The third kappa shape index (κ3) is 3.98. The van der Waals surface area contributed by atoms with E-state index in [-0.39, 0.29) is 12.1 Å². The predicted octanol–water partition coefficient (Wildman–Crippen LogP) is 2.34. The molecule has 0 aliphatic carbocycles. The molecule has 7 nitrogen and oxygen atoms in total. The second-order valence-electron chi connectivity index (χ2n) is 5.56. The van der Waals surface area contributed by atoms with Gasteiger partial charge in [-0.05, 0) is 30.2 Å². The van der Waals surface area contributed by atoms with Crippen LogP contribution in [0.15, 0.2) is 29.8 Å². The largest absolute Gasteiger partial charge is 0.377 e. The normalized spacial score (nSPS) is 17.3. The van der Waals surface area contributed by atoms with Crippen LogP contribution >= 0.6 is 11.6 Å². The quantitative estimate of drug-likeness (QED) is 0.729. The lowest BCUT2D eigenvalue weighted by molar-refractivity contribution is 0.149. The maximum Gasteiger partial charge on any atom is 0.322 e. The molecule has 1 aromatic carbocycles. The van der Waals surface area contributed by atoms with Crippen LogP contribution in [-0.2, 0) is 4.74 Å². The number of hydrogen-bond donors (Lipinski definition) is 3. The molecule has 0 aromatic heterocycles. The number of nitrogens with zero attached hydrogens (tertiary/aromatic N) is 1. The summed E-state index contributed by atoms with van der Waals surface area (Å²) in [7, 11) is 0. The molecule has 1 aromatic rings. The molecule has 24 heavy (non-hydrogen) atoms. The zero-order valence-electron chi connectivity index (χ0n) is 13.1. The van der Waals surface area contributed by atoms with Crippen LogP contribution in [0.3, 0.4) is 0 Å². The number of amides is 4. The summed E-state index contributed by atoms with van der Waals surface area (Å²) in [5.74, 6) is 0. The molecule has 0 spiro atoms. The molecule has 1 saturated heterocycles. The van der Waals surface area contributed by atoms with Crippen molar-refractivity contribution in [2.24, 2.45) is 0 Å². The minimum atomic E-state index is -0.319. The molecule has 8 heteroatoms. The molecule has 3 N–H and O–H groups in total. The van der Waals surface area contributed by atoms with Crippen molar-refractivity contribution in [2.75, 3.05) is 43.1 Å². The molecule has 4 amide bonds. The molecule has 2 heterocycles. The number of benzene rings is 1. The van der Waals surface area contributed by atoms with Gasteiger partial charge in [0.25, 0.3) is 0 Å². The molecule has 2 aliphatic heterocycles. The summed E-state index contributed by atoms with van der Waals surface area (Å²) >= 11 is 6.17. The van der Waals surface area contributed by atoms with E-state index >= 15 is 0 Å². The van der Waals surface area contributed by atoms with Gasteiger partial charge in [0, 0.05) is 25.3 Å². The topological polar surface area (TPSA) is 82.7 Å². The number of carbonyl (C=O) groups excluding carboxylic acids is 2. The SMILES string of the molecule is O=C(NCC1=CCCOC1)Nc1ccc(Cl)c(N2CCNC2=O)c1. The minimum Gasteiger partial charge on any atom is -0.377 e. The molecule has 2 aliphatic rings. The van der Waals surface area contributed by atoms with E-state index in [4.69, 9.17) is 16.3 Å². The fourth-order valence-corrected chi connectivity index (χ4v) is 2.82. The van der Waals surface area contributed by atoms with Crippen molar-refractivity contribution in [2.45, 2.75) is 6.42 Å². The van der Waals surface area contributed by atoms with Gasteiger partial charge in [-0.15, -0.1) is 0 Å². The Morgan fingerprint density at radius 1 is 1.42 bits per heavy atom. The van der Waals surface area contributed by atoms with E-state index in [9.17, 15) is 9.59 Å². The first-order valence-corrected chi connectivity index (χ1v) is 8.17. The lowest BCUT2D eigenvalue weighted by atomic mass is 10.2. The van der Waals surface area contributed by atoms with Crippen LogP contribution in [0, 0.1) is 0 Å². The molecule has 128 valence electrons. The van der Waals surface area contributed by atoms with Gasteiger partial charge in [0.15, 0.2) is 0 Å². The number of urea groups is 2. The van der Waals surface area contributed by atoms with Crippen molar-refractivity contribution in [1.82, 2.24) is 10.6 Å². The molecule has 0 bridgehead atoms. The van der Waals surface area contributed by atoms with Gasteiger partial charge < -0.3 is 20.7 Å². The minimum absolute atomic E-state index is 0.192. The van der Waals surface area contributed by atoms with Crippen molar-refractivity contribution < 1.29 is 14.3 Å². The van der Waals surface area contributed by atoms with Gasteiger partial charge in [-0.2, -0.15) is 0 Å². The van der Waals surface area contributed by atoms with Crippen molar-refractivity contribution in [3.63, 3.8) is 0 Å². The zero-order valence-corrected chi connectivity index (χ0v) is 13.9. The lowest BCUT2D eigenvalue weighted by Gasteiger charge is -2.18. The number of hydrogen-bond acceptors (Lipinski definition) is 3. The number of nitrogens with one attached hydrogen (secondary N) is 3. The van der Waals surface area contributed by atoms with E-state index in [1.165, 1.54) is 0 Å².